The molecule has 1 aliphatic rings. The van der Waals surface area contributed by atoms with E-state index < -0.39 is 0 Å². The fourth-order valence-electron chi connectivity index (χ4n) is 2.26. The maximum Gasteiger partial charge on any atom is 0.245 e. The summed E-state index contributed by atoms with van der Waals surface area (Å²) in [7, 11) is 1.89. The van der Waals surface area contributed by atoms with E-state index in [2.05, 4.69) is 34.3 Å². The smallest absolute Gasteiger partial charge is 0.245 e. The monoisotopic (exact) mass is 239 g/mol. The molecule has 0 bridgehead atoms. The molecule has 5 nitrogen and oxygen atoms in total. The molecular formula is C12H25N5. The van der Waals surface area contributed by atoms with Gasteiger partial charge in [-0.25, -0.2) is 4.68 Å². The zero-order chi connectivity index (χ0) is 12.8. The van der Waals surface area contributed by atoms with E-state index in [0.29, 0.717) is 0 Å². The van der Waals surface area contributed by atoms with Gasteiger partial charge in [0, 0.05) is 20.1 Å². The normalized spacial score (nSPS) is 16.9. The number of aryl methyl sites for hydroxylation is 1. The van der Waals surface area contributed by atoms with Gasteiger partial charge in [0.2, 0.25) is 5.95 Å². The van der Waals surface area contributed by atoms with Gasteiger partial charge in [-0.2, -0.15) is 0 Å². The maximum atomic E-state index is 4.04. The van der Waals surface area contributed by atoms with Crippen LogP contribution in [0.25, 0.3) is 0 Å². The average molecular weight is 239 g/mol. The fraction of sp³-hybridized carbons (Fsp3) is 0.917. The molecule has 0 atom stereocenters. The van der Waals surface area contributed by atoms with Crippen molar-refractivity contribution in [1.82, 2.24) is 20.2 Å². The van der Waals surface area contributed by atoms with E-state index in [0.717, 1.165) is 30.9 Å². The summed E-state index contributed by atoms with van der Waals surface area (Å²) in [5.74, 6) is 2.56. The van der Waals surface area contributed by atoms with Gasteiger partial charge in [0.15, 0.2) is 0 Å². The van der Waals surface area contributed by atoms with Crippen molar-refractivity contribution < 1.29 is 0 Å². The molecule has 1 aliphatic heterocycles. The molecule has 0 N–H and O–H groups in total. The molecule has 0 aliphatic carbocycles. The van der Waals surface area contributed by atoms with Crippen molar-refractivity contribution in [3.05, 3.63) is 0 Å². The number of hydrogen-bond acceptors (Lipinski definition) is 4. The first-order valence-corrected chi connectivity index (χ1v) is 6.66. The summed E-state index contributed by atoms with van der Waals surface area (Å²) in [4.78, 5) is 2.28. The molecule has 0 unspecified atom stereocenters. The largest absolute Gasteiger partial charge is 0.340 e. The van der Waals surface area contributed by atoms with Gasteiger partial charge < -0.3 is 4.90 Å². The highest BCUT2D eigenvalue weighted by Crippen LogP contribution is 2.26. The van der Waals surface area contributed by atoms with Gasteiger partial charge in [-0.15, -0.1) is 0 Å². The zero-order valence-electron chi connectivity index (χ0n) is 11.7. The van der Waals surface area contributed by atoms with Gasteiger partial charge in [0.25, 0.3) is 0 Å². The summed E-state index contributed by atoms with van der Waals surface area (Å²) < 4.78 is 1.75. The molecule has 1 saturated heterocycles. The molecule has 98 valence electrons. The van der Waals surface area contributed by atoms with Crippen LogP contribution in [-0.4, -0.2) is 33.3 Å². The van der Waals surface area contributed by atoms with Crippen molar-refractivity contribution in [1.29, 1.82) is 0 Å². The Morgan fingerprint density at radius 2 is 1.76 bits per heavy atom. The van der Waals surface area contributed by atoms with Gasteiger partial charge >= 0.3 is 0 Å². The van der Waals surface area contributed by atoms with Gasteiger partial charge in [-0.3, -0.25) is 0 Å². The van der Waals surface area contributed by atoms with E-state index in [-0.39, 0.29) is 0 Å². The maximum absolute atomic E-state index is 4.04. The van der Waals surface area contributed by atoms with Crippen molar-refractivity contribution in [2.24, 2.45) is 18.9 Å². The van der Waals surface area contributed by atoms with Crippen LogP contribution in [-0.2, 0) is 7.05 Å². The highest BCUT2D eigenvalue weighted by Gasteiger charge is 2.23. The zero-order valence-corrected chi connectivity index (χ0v) is 11.7. The van der Waals surface area contributed by atoms with Crippen molar-refractivity contribution in [3.63, 3.8) is 0 Å². The van der Waals surface area contributed by atoms with Gasteiger partial charge in [-0.1, -0.05) is 32.8 Å². The number of nitrogens with zero attached hydrogens (tertiary/aromatic N) is 5. The Kier molecular flexibility index (Phi) is 5.38. The highest BCUT2D eigenvalue weighted by atomic mass is 15.6. The third-order valence-electron chi connectivity index (χ3n) is 3.36. The molecule has 0 radical (unpaired) electrons. The Hall–Kier alpha value is -1.13. The Labute approximate surface area is 104 Å². The van der Waals surface area contributed by atoms with Crippen LogP contribution >= 0.6 is 0 Å². The van der Waals surface area contributed by atoms with Crippen LogP contribution in [0.15, 0.2) is 0 Å². The van der Waals surface area contributed by atoms with Crippen LogP contribution in [0.3, 0.4) is 0 Å². The Balaban J connectivity index is 0.000000686. The van der Waals surface area contributed by atoms with Crippen LogP contribution in [0.1, 0.15) is 40.5 Å². The SMILES string of the molecule is CC.CC(C)C1CCN(c2nnnn2C)CC1. The van der Waals surface area contributed by atoms with Crippen molar-refractivity contribution in [2.75, 3.05) is 18.0 Å². The molecule has 17 heavy (non-hydrogen) atoms. The standard InChI is InChI=1S/C10H19N5.C2H6/c1-8(2)9-4-6-15(7-5-9)10-11-12-13-14(10)3;1-2/h8-9H,4-7H2,1-3H3;1-2H3. The second-order valence-electron chi connectivity index (χ2n) is 4.67. The lowest BCUT2D eigenvalue weighted by Crippen LogP contribution is -2.36. The van der Waals surface area contributed by atoms with Gasteiger partial charge in [0.1, 0.15) is 0 Å². The van der Waals surface area contributed by atoms with Crippen LogP contribution in [0, 0.1) is 11.8 Å². The summed E-state index contributed by atoms with van der Waals surface area (Å²) in [6.07, 6.45) is 2.51. The minimum atomic E-state index is 0.796. The molecule has 0 amide bonds. The predicted octanol–water partition coefficient (Wildman–Crippen LogP) is 2.11. The number of tetrazole rings is 1. The Morgan fingerprint density at radius 3 is 2.18 bits per heavy atom. The van der Waals surface area contributed by atoms with E-state index in [9.17, 15) is 0 Å². The molecule has 2 rings (SSSR count). The lowest BCUT2D eigenvalue weighted by atomic mass is 9.87. The third kappa shape index (κ3) is 3.41. The minimum absolute atomic E-state index is 0.796. The second-order valence-corrected chi connectivity index (χ2v) is 4.67. The number of hydrogen-bond donors (Lipinski definition) is 0. The third-order valence-corrected chi connectivity index (χ3v) is 3.36. The number of anilines is 1. The summed E-state index contributed by atoms with van der Waals surface area (Å²) in [6.45, 7) is 10.8. The van der Waals surface area contributed by atoms with E-state index in [1.165, 1.54) is 12.8 Å². The summed E-state index contributed by atoms with van der Waals surface area (Å²) in [5.41, 5.74) is 0. The van der Waals surface area contributed by atoms with E-state index in [1.807, 2.05) is 20.9 Å². The molecular weight excluding hydrogens is 214 g/mol. The van der Waals surface area contributed by atoms with Gasteiger partial charge in [0.05, 0.1) is 0 Å². The van der Waals surface area contributed by atoms with E-state index in [1.54, 1.807) is 4.68 Å². The molecule has 5 heteroatoms. The number of aromatic nitrogens is 4. The number of rotatable bonds is 2. The predicted molar refractivity (Wildman–Crippen MR) is 69.9 cm³/mol. The van der Waals surface area contributed by atoms with Crippen LogP contribution < -0.4 is 4.90 Å². The second kappa shape index (κ2) is 6.57. The molecule has 1 fully saturated rings. The first kappa shape index (κ1) is 13.9. The Bertz CT molecular complexity index is 312. The van der Waals surface area contributed by atoms with Crippen LogP contribution in [0.4, 0.5) is 5.95 Å². The van der Waals surface area contributed by atoms with E-state index >= 15 is 0 Å². The minimum Gasteiger partial charge on any atom is -0.340 e. The molecule has 2 heterocycles. The summed E-state index contributed by atoms with van der Waals surface area (Å²) in [5, 5.41) is 11.6. The summed E-state index contributed by atoms with van der Waals surface area (Å²) in [6, 6.07) is 0. The molecule has 0 spiro atoms. The van der Waals surface area contributed by atoms with E-state index in [4.69, 9.17) is 0 Å². The van der Waals surface area contributed by atoms with Crippen molar-refractivity contribution >= 4 is 5.95 Å². The number of piperidine rings is 1. The topological polar surface area (TPSA) is 46.8 Å². The summed E-state index contributed by atoms with van der Waals surface area (Å²) >= 11 is 0. The van der Waals surface area contributed by atoms with Crippen LogP contribution in [0.5, 0.6) is 0 Å². The highest BCUT2D eigenvalue weighted by molar-refractivity contribution is 5.28. The molecule has 0 saturated carbocycles. The first-order valence-electron chi connectivity index (χ1n) is 6.66. The van der Waals surface area contributed by atoms with Crippen LogP contribution in [0.2, 0.25) is 0 Å². The van der Waals surface area contributed by atoms with Crippen molar-refractivity contribution in [3.8, 4) is 0 Å². The first-order chi connectivity index (χ1) is 8.18. The van der Waals surface area contributed by atoms with Crippen molar-refractivity contribution in [2.45, 2.75) is 40.5 Å². The molecule has 1 aromatic heterocycles. The average Bonchev–Trinajstić information content (AvgIpc) is 2.78. The molecule has 1 aromatic rings. The molecule has 0 aromatic carbocycles. The van der Waals surface area contributed by atoms with Gasteiger partial charge in [-0.05, 0) is 35.1 Å². The lowest BCUT2D eigenvalue weighted by Gasteiger charge is -2.33. The lowest BCUT2D eigenvalue weighted by molar-refractivity contribution is 0.309. The fourth-order valence-corrected chi connectivity index (χ4v) is 2.26. The quantitative estimate of drug-likeness (QED) is 0.793. The Morgan fingerprint density at radius 1 is 1.18 bits per heavy atom.